The molecule has 2 aromatic carbocycles. The summed E-state index contributed by atoms with van der Waals surface area (Å²) in [5, 5.41) is 11.8. The third-order valence-corrected chi connectivity index (χ3v) is 3.84. The van der Waals surface area contributed by atoms with Gasteiger partial charge in [0.15, 0.2) is 0 Å². The second-order valence-electron chi connectivity index (χ2n) is 3.88. The topological polar surface area (TPSA) is 52.9 Å². The van der Waals surface area contributed by atoms with Gasteiger partial charge in [-0.15, -0.1) is 0 Å². The zero-order valence-electron chi connectivity index (χ0n) is 9.31. The van der Waals surface area contributed by atoms with Crippen LogP contribution in [0, 0.1) is 11.3 Å². The van der Waals surface area contributed by atoms with Gasteiger partial charge in [0.1, 0.15) is 0 Å². The number of nitrogens with zero attached hydrogens (tertiary/aromatic N) is 1. The van der Waals surface area contributed by atoms with E-state index in [0.717, 1.165) is 15.5 Å². The van der Waals surface area contributed by atoms with Crippen LogP contribution in [-0.2, 0) is 0 Å². The molecule has 86 valence electrons. The Labute approximate surface area is 108 Å². The summed E-state index contributed by atoms with van der Waals surface area (Å²) in [5.41, 5.74) is 2.01. The highest BCUT2D eigenvalue weighted by Gasteiger charge is 2.19. The molecule has 0 radical (unpaired) electrons. The fraction of sp³-hybridized carbons (Fsp3) is 0. The Hall–Kier alpha value is -2.25. The van der Waals surface area contributed by atoms with Gasteiger partial charge in [0.2, 0.25) is 0 Å². The molecule has 0 spiro atoms. The van der Waals surface area contributed by atoms with Gasteiger partial charge in [-0.05, 0) is 30.3 Å². The van der Waals surface area contributed by atoms with Gasteiger partial charge in [-0.3, -0.25) is 4.79 Å². The summed E-state index contributed by atoms with van der Waals surface area (Å²) in [6.07, 6.45) is 0. The van der Waals surface area contributed by atoms with Gasteiger partial charge in [-0.1, -0.05) is 23.9 Å². The average Bonchev–Trinajstić information content (AvgIpc) is 2.54. The van der Waals surface area contributed by atoms with Crippen molar-refractivity contribution in [3.8, 4) is 6.07 Å². The summed E-state index contributed by atoms with van der Waals surface area (Å²) in [5.74, 6) is -0.110. The molecule has 0 unspecified atom stereocenters. The molecule has 18 heavy (non-hydrogen) atoms. The molecule has 1 N–H and O–H groups in total. The van der Waals surface area contributed by atoms with Crippen LogP contribution in [0.1, 0.15) is 15.9 Å². The number of hydrogen-bond acceptors (Lipinski definition) is 3. The van der Waals surface area contributed by atoms with Crippen LogP contribution >= 0.6 is 11.8 Å². The minimum Gasteiger partial charge on any atom is -0.321 e. The lowest BCUT2D eigenvalue weighted by molar-refractivity contribution is 0.102. The van der Waals surface area contributed by atoms with E-state index in [1.165, 1.54) is 11.8 Å². The molecule has 1 amide bonds. The van der Waals surface area contributed by atoms with E-state index in [4.69, 9.17) is 5.26 Å². The average molecular weight is 252 g/mol. The summed E-state index contributed by atoms with van der Waals surface area (Å²) >= 11 is 1.50. The first kappa shape index (κ1) is 10.9. The molecule has 0 saturated heterocycles. The van der Waals surface area contributed by atoms with E-state index in [0.29, 0.717) is 11.1 Å². The van der Waals surface area contributed by atoms with Crippen LogP contribution < -0.4 is 5.32 Å². The van der Waals surface area contributed by atoms with Crippen LogP contribution in [0.15, 0.2) is 52.3 Å². The van der Waals surface area contributed by atoms with Gasteiger partial charge in [0.25, 0.3) is 5.91 Å². The number of carbonyl (C=O) groups is 1. The molecule has 1 aliphatic rings. The third-order valence-electron chi connectivity index (χ3n) is 2.71. The van der Waals surface area contributed by atoms with Crippen molar-refractivity contribution < 1.29 is 4.79 Å². The van der Waals surface area contributed by atoms with Gasteiger partial charge in [0.05, 0.1) is 22.9 Å². The SMILES string of the molecule is N#Cc1ccc2c(c1)Sc1ccccc1C(=O)N2. The first-order valence-electron chi connectivity index (χ1n) is 5.40. The van der Waals surface area contributed by atoms with Crippen LogP contribution in [0.4, 0.5) is 5.69 Å². The molecule has 1 aliphatic heterocycles. The van der Waals surface area contributed by atoms with E-state index in [2.05, 4.69) is 11.4 Å². The van der Waals surface area contributed by atoms with Gasteiger partial charge in [-0.2, -0.15) is 5.26 Å². The predicted molar refractivity (Wildman–Crippen MR) is 69.7 cm³/mol. The Morgan fingerprint density at radius 3 is 2.78 bits per heavy atom. The molecule has 2 aromatic rings. The Morgan fingerprint density at radius 1 is 1.11 bits per heavy atom. The highest BCUT2D eigenvalue weighted by Crippen LogP contribution is 2.38. The minimum atomic E-state index is -0.110. The molecule has 3 nitrogen and oxygen atoms in total. The van der Waals surface area contributed by atoms with Gasteiger partial charge >= 0.3 is 0 Å². The quantitative estimate of drug-likeness (QED) is 0.782. The lowest BCUT2D eigenvalue weighted by Crippen LogP contribution is -2.11. The zero-order valence-corrected chi connectivity index (χ0v) is 10.1. The Balaban J connectivity index is 2.17. The summed E-state index contributed by atoms with van der Waals surface area (Å²) < 4.78 is 0. The Morgan fingerprint density at radius 2 is 1.94 bits per heavy atom. The standard InChI is InChI=1S/C14H8N2OS/c15-8-9-5-6-11-13(7-9)18-12-4-2-1-3-10(12)14(17)16-11/h1-7H,(H,16,17). The van der Waals surface area contributed by atoms with Crippen molar-refractivity contribution in [2.24, 2.45) is 0 Å². The second kappa shape index (κ2) is 4.21. The monoisotopic (exact) mass is 252 g/mol. The number of rotatable bonds is 0. The molecule has 0 bridgehead atoms. The number of anilines is 1. The summed E-state index contributed by atoms with van der Waals surface area (Å²) in [6.45, 7) is 0. The van der Waals surface area contributed by atoms with Crippen LogP contribution in [-0.4, -0.2) is 5.91 Å². The second-order valence-corrected chi connectivity index (χ2v) is 4.96. The third kappa shape index (κ3) is 1.75. The summed E-state index contributed by atoms with van der Waals surface area (Å²) in [4.78, 5) is 13.8. The first-order valence-corrected chi connectivity index (χ1v) is 6.22. The van der Waals surface area contributed by atoms with Crippen molar-refractivity contribution >= 4 is 23.4 Å². The molecule has 0 fully saturated rings. The first-order chi connectivity index (χ1) is 8.78. The number of nitriles is 1. The molecule has 3 rings (SSSR count). The van der Waals surface area contributed by atoms with Gasteiger partial charge < -0.3 is 5.32 Å². The van der Waals surface area contributed by atoms with Crippen molar-refractivity contribution in [3.63, 3.8) is 0 Å². The van der Waals surface area contributed by atoms with Crippen molar-refractivity contribution in [2.45, 2.75) is 9.79 Å². The van der Waals surface area contributed by atoms with E-state index in [-0.39, 0.29) is 5.91 Å². The number of carbonyl (C=O) groups excluding carboxylic acids is 1. The van der Waals surface area contributed by atoms with Crippen molar-refractivity contribution in [1.29, 1.82) is 5.26 Å². The Bertz CT molecular complexity index is 688. The highest BCUT2D eigenvalue weighted by atomic mass is 32.2. The predicted octanol–water partition coefficient (Wildman–Crippen LogP) is 3.28. The molecule has 0 aliphatic carbocycles. The van der Waals surface area contributed by atoms with E-state index in [1.54, 1.807) is 24.3 Å². The van der Waals surface area contributed by atoms with Gasteiger partial charge in [0, 0.05) is 9.79 Å². The van der Waals surface area contributed by atoms with E-state index < -0.39 is 0 Å². The van der Waals surface area contributed by atoms with E-state index in [9.17, 15) is 4.79 Å². The number of benzene rings is 2. The van der Waals surface area contributed by atoms with Crippen LogP contribution in [0.2, 0.25) is 0 Å². The largest absolute Gasteiger partial charge is 0.321 e. The van der Waals surface area contributed by atoms with E-state index >= 15 is 0 Å². The van der Waals surface area contributed by atoms with Crippen LogP contribution in [0.5, 0.6) is 0 Å². The number of fused-ring (bicyclic) bond motifs is 2. The molecule has 0 atom stereocenters. The number of nitrogens with one attached hydrogen (secondary N) is 1. The summed E-state index contributed by atoms with van der Waals surface area (Å²) in [6, 6.07) is 14.8. The molecule has 0 aromatic heterocycles. The van der Waals surface area contributed by atoms with Crippen LogP contribution in [0.3, 0.4) is 0 Å². The van der Waals surface area contributed by atoms with Crippen LogP contribution in [0.25, 0.3) is 0 Å². The van der Waals surface area contributed by atoms with E-state index in [1.807, 2.05) is 18.2 Å². The zero-order chi connectivity index (χ0) is 12.5. The maximum Gasteiger partial charge on any atom is 0.256 e. The van der Waals surface area contributed by atoms with Crippen molar-refractivity contribution in [2.75, 3.05) is 5.32 Å². The molecule has 1 heterocycles. The fourth-order valence-corrected chi connectivity index (χ4v) is 2.90. The highest BCUT2D eigenvalue weighted by molar-refractivity contribution is 7.99. The molecular weight excluding hydrogens is 244 g/mol. The summed E-state index contributed by atoms with van der Waals surface area (Å²) in [7, 11) is 0. The molecule has 0 saturated carbocycles. The number of hydrogen-bond donors (Lipinski definition) is 1. The smallest absolute Gasteiger partial charge is 0.256 e. The van der Waals surface area contributed by atoms with Crippen molar-refractivity contribution in [1.82, 2.24) is 0 Å². The normalized spacial score (nSPS) is 12.7. The maximum atomic E-state index is 12.0. The maximum absolute atomic E-state index is 12.0. The number of amides is 1. The lowest BCUT2D eigenvalue weighted by atomic mass is 10.2. The van der Waals surface area contributed by atoms with Crippen molar-refractivity contribution in [3.05, 3.63) is 53.6 Å². The molecular formula is C14H8N2OS. The van der Waals surface area contributed by atoms with Gasteiger partial charge in [-0.25, -0.2) is 0 Å². The Kier molecular flexibility index (Phi) is 2.54. The molecule has 4 heteroatoms. The lowest BCUT2D eigenvalue weighted by Gasteiger charge is -2.05. The minimum absolute atomic E-state index is 0.110. The fourth-order valence-electron chi connectivity index (χ4n) is 1.83.